The zero-order valence-electron chi connectivity index (χ0n) is 20.7. The number of ether oxygens (including phenoxy) is 1. The van der Waals surface area contributed by atoms with Crippen molar-refractivity contribution in [1.82, 2.24) is 19.8 Å². The predicted molar refractivity (Wildman–Crippen MR) is 145 cm³/mol. The second kappa shape index (κ2) is 11.6. The summed E-state index contributed by atoms with van der Waals surface area (Å²) in [5, 5.41) is 13.1. The van der Waals surface area contributed by atoms with Crippen molar-refractivity contribution in [2.45, 2.75) is 25.6 Å². The van der Waals surface area contributed by atoms with E-state index in [0.717, 1.165) is 27.4 Å². The molecule has 2 unspecified atom stereocenters. The smallest absolute Gasteiger partial charge is 0.261 e. The molecule has 0 aliphatic carbocycles. The quantitative estimate of drug-likeness (QED) is 0.379. The Kier molecular flexibility index (Phi) is 7.89. The van der Waals surface area contributed by atoms with E-state index >= 15 is 0 Å². The SMILES string of the molecule is CC(O)N1CCC(c2nc(-c3ccncc3)cs2)N(C(=O)COc2ccc(-c3ccccc3)cc2)CC1. The average molecular weight is 515 g/mol. The van der Waals surface area contributed by atoms with Gasteiger partial charge in [-0.2, -0.15) is 0 Å². The topological polar surface area (TPSA) is 78.8 Å². The molecule has 0 saturated carbocycles. The van der Waals surface area contributed by atoms with Crippen molar-refractivity contribution in [3.05, 3.63) is 89.5 Å². The van der Waals surface area contributed by atoms with Crippen molar-refractivity contribution in [2.75, 3.05) is 26.2 Å². The van der Waals surface area contributed by atoms with E-state index in [1.165, 1.54) is 0 Å². The number of aliphatic hydroxyl groups excluding tert-OH is 1. The third-order valence-electron chi connectivity index (χ3n) is 6.65. The van der Waals surface area contributed by atoms with Gasteiger partial charge in [0.05, 0.1) is 11.7 Å². The minimum atomic E-state index is -0.571. The lowest BCUT2D eigenvalue weighted by Gasteiger charge is -2.28. The number of pyridine rings is 1. The third-order valence-corrected chi connectivity index (χ3v) is 7.60. The predicted octanol–water partition coefficient (Wildman–Crippen LogP) is 4.86. The first-order chi connectivity index (χ1) is 18.1. The first-order valence-corrected chi connectivity index (χ1v) is 13.3. The van der Waals surface area contributed by atoms with Crippen molar-refractivity contribution in [2.24, 2.45) is 0 Å². The third kappa shape index (κ3) is 6.05. The molecule has 5 rings (SSSR count). The van der Waals surface area contributed by atoms with E-state index in [1.807, 2.05) is 69.8 Å². The minimum absolute atomic E-state index is 0.0571. The van der Waals surface area contributed by atoms with Crippen LogP contribution in [-0.2, 0) is 4.79 Å². The summed E-state index contributed by atoms with van der Waals surface area (Å²) < 4.78 is 5.91. The van der Waals surface area contributed by atoms with Crippen molar-refractivity contribution >= 4 is 17.2 Å². The summed E-state index contributed by atoms with van der Waals surface area (Å²) in [6.45, 7) is 3.47. The van der Waals surface area contributed by atoms with Crippen LogP contribution < -0.4 is 4.74 Å². The molecule has 7 nitrogen and oxygen atoms in total. The Hall–Kier alpha value is -3.59. The number of nitrogens with zero attached hydrogens (tertiary/aromatic N) is 4. The molecular formula is C29H30N4O3S. The summed E-state index contributed by atoms with van der Waals surface area (Å²) in [6, 6.07) is 21.6. The Morgan fingerprint density at radius 2 is 1.73 bits per heavy atom. The molecule has 3 heterocycles. The molecule has 4 aromatic rings. The molecule has 2 atom stereocenters. The Balaban J connectivity index is 1.30. The van der Waals surface area contributed by atoms with Gasteiger partial charge in [-0.3, -0.25) is 14.7 Å². The fraction of sp³-hybridized carbons (Fsp3) is 0.276. The van der Waals surface area contributed by atoms with E-state index in [4.69, 9.17) is 9.72 Å². The minimum Gasteiger partial charge on any atom is -0.484 e. The molecule has 1 N–H and O–H groups in total. The van der Waals surface area contributed by atoms with E-state index in [0.29, 0.717) is 31.8 Å². The highest BCUT2D eigenvalue weighted by molar-refractivity contribution is 7.10. The zero-order chi connectivity index (χ0) is 25.6. The maximum Gasteiger partial charge on any atom is 0.261 e. The van der Waals surface area contributed by atoms with Gasteiger partial charge in [0.2, 0.25) is 0 Å². The highest BCUT2D eigenvalue weighted by Crippen LogP contribution is 2.33. The molecule has 0 bridgehead atoms. The lowest BCUT2D eigenvalue weighted by atomic mass is 10.1. The number of rotatable bonds is 7. The largest absolute Gasteiger partial charge is 0.484 e. The molecule has 190 valence electrons. The van der Waals surface area contributed by atoms with Crippen molar-refractivity contribution in [3.8, 4) is 28.1 Å². The molecule has 1 fully saturated rings. The Bertz CT molecular complexity index is 1300. The molecule has 1 amide bonds. The van der Waals surface area contributed by atoms with Crippen molar-refractivity contribution in [1.29, 1.82) is 0 Å². The second-order valence-corrected chi connectivity index (χ2v) is 9.94. The van der Waals surface area contributed by atoms with Crippen molar-refractivity contribution < 1.29 is 14.6 Å². The second-order valence-electron chi connectivity index (χ2n) is 9.05. The van der Waals surface area contributed by atoms with E-state index in [9.17, 15) is 9.90 Å². The van der Waals surface area contributed by atoms with Crippen LogP contribution in [0, 0.1) is 0 Å². The first-order valence-electron chi connectivity index (χ1n) is 12.4. The van der Waals surface area contributed by atoms with E-state index in [-0.39, 0.29) is 18.6 Å². The Morgan fingerprint density at radius 3 is 2.46 bits per heavy atom. The van der Waals surface area contributed by atoms with Gasteiger partial charge in [0.25, 0.3) is 5.91 Å². The van der Waals surface area contributed by atoms with Crippen molar-refractivity contribution in [3.63, 3.8) is 0 Å². The Labute approximate surface area is 221 Å². The standard InChI is InChI=1S/C29H30N4O3S/c1-21(34)32-16-13-27(29-31-26(20-37-29)24-11-14-30-15-12-24)33(18-17-32)28(35)19-36-25-9-7-23(8-10-25)22-5-3-2-4-6-22/h2-12,14-15,20-21,27,34H,13,16-19H2,1H3. The fourth-order valence-corrected chi connectivity index (χ4v) is 5.55. The van der Waals surface area contributed by atoms with E-state index < -0.39 is 6.23 Å². The average Bonchev–Trinajstić information content (AvgIpc) is 3.32. The van der Waals surface area contributed by atoms with Gasteiger partial charge in [-0.05, 0) is 48.7 Å². The summed E-state index contributed by atoms with van der Waals surface area (Å²) in [6.07, 6.45) is 3.62. The number of aromatic nitrogens is 2. The molecule has 0 spiro atoms. The highest BCUT2D eigenvalue weighted by Gasteiger charge is 2.32. The van der Waals surface area contributed by atoms with Gasteiger partial charge < -0.3 is 14.7 Å². The molecule has 1 saturated heterocycles. The summed E-state index contributed by atoms with van der Waals surface area (Å²) in [5.74, 6) is 0.560. The number of thiazole rings is 1. The molecule has 1 aliphatic rings. The van der Waals surface area contributed by atoms with E-state index in [2.05, 4.69) is 17.1 Å². The molecule has 2 aromatic heterocycles. The van der Waals surface area contributed by atoms with Gasteiger partial charge in [-0.25, -0.2) is 4.98 Å². The molecular weight excluding hydrogens is 484 g/mol. The van der Waals surface area contributed by atoms with Crippen LogP contribution in [0.4, 0.5) is 0 Å². The van der Waals surface area contributed by atoms with Crippen LogP contribution in [0.3, 0.4) is 0 Å². The van der Waals surface area contributed by atoms with Gasteiger partial charge >= 0.3 is 0 Å². The molecule has 37 heavy (non-hydrogen) atoms. The van der Waals surface area contributed by atoms with Gasteiger partial charge in [-0.1, -0.05) is 42.5 Å². The highest BCUT2D eigenvalue weighted by atomic mass is 32.1. The Morgan fingerprint density at radius 1 is 1.00 bits per heavy atom. The fourth-order valence-electron chi connectivity index (χ4n) is 4.57. The number of hydrogen-bond acceptors (Lipinski definition) is 7. The number of carbonyl (C=O) groups excluding carboxylic acids is 1. The van der Waals surface area contributed by atoms with Gasteiger partial charge in [0.15, 0.2) is 6.61 Å². The zero-order valence-corrected chi connectivity index (χ0v) is 21.6. The summed E-state index contributed by atoms with van der Waals surface area (Å²) in [4.78, 5) is 26.2. The molecule has 2 aromatic carbocycles. The van der Waals surface area contributed by atoms with Crippen LogP contribution in [0.5, 0.6) is 5.75 Å². The maximum absolute atomic E-state index is 13.4. The number of carbonyl (C=O) groups is 1. The van der Waals surface area contributed by atoms with Crippen LogP contribution in [-0.4, -0.2) is 63.3 Å². The lowest BCUT2D eigenvalue weighted by molar-refractivity contribution is -0.135. The monoisotopic (exact) mass is 514 g/mol. The van der Waals surface area contributed by atoms with E-state index in [1.54, 1.807) is 30.7 Å². The van der Waals surface area contributed by atoms with Crippen LogP contribution in [0.15, 0.2) is 84.5 Å². The number of aliphatic hydroxyl groups is 1. The van der Waals surface area contributed by atoms with Crippen LogP contribution >= 0.6 is 11.3 Å². The molecule has 8 heteroatoms. The van der Waals surface area contributed by atoms with Gasteiger partial charge in [-0.15, -0.1) is 11.3 Å². The molecule has 0 radical (unpaired) electrons. The summed E-state index contributed by atoms with van der Waals surface area (Å²) >= 11 is 1.56. The lowest BCUT2D eigenvalue weighted by Crippen LogP contribution is -2.41. The number of hydrogen-bond donors (Lipinski definition) is 1. The normalized spacial score (nSPS) is 17.2. The van der Waals surface area contributed by atoms with Gasteiger partial charge in [0.1, 0.15) is 17.0 Å². The maximum atomic E-state index is 13.4. The molecule has 1 aliphatic heterocycles. The van der Waals surface area contributed by atoms with Crippen LogP contribution in [0.1, 0.15) is 24.4 Å². The number of benzene rings is 2. The van der Waals surface area contributed by atoms with Crippen LogP contribution in [0.2, 0.25) is 0 Å². The van der Waals surface area contributed by atoms with Gasteiger partial charge in [0, 0.05) is 43.0 Å². The summed E-state index contributed by atoms with van der Waals surface area (Å²) in [5.41, 5.74) is 4.10. The van der Waals surface area contributed by atoms with Crippen LogP contribution in [0.25, 0.3) is 22.4 Å². The first kappa shape index (κ1) is 25.1. The number of amides is 1. The summed E-state index contributed by atoms with van der Waals surface area (Å²) in [7, 11) is 0.